The molecule has 142 valence electrons. The second kappa shape index (κ2) is 7.58. The van der Waals surface area contributed by atoms with Crippen LogP contribution in [0.1, 0.15) is 45.6 Å². The number of hydrogen-bond donors (Lipinski definition) is 2. The molecule has 2 N–H and O–H groups in total. The minimum Gasteiger partial charge on any atom is -0.444 e. The molecular formula is C16H20ClF2N5O2. The van der Waals surface area contributed by atoms with Crippen molar-refractivity contribution < 1.29 is 18.3 Å². The lowest BCUT2D eigenvalue weighted by Crippen LogP contribution is -2.58. The Kier molecular flexibility index (Phi) is 5.86. The summed E-state index contributed by atoms with van der Waals surface area (Å²) in [7, 11) is 0. The Morgan fingerprint density at radius 2 is 2.19 bits per heavy atom. The Morgan fingerprint density at radius 3 is 2.77 bits per heavy atom. The van der Waals surface area contributed by atoms with Gasteiger partial charge in [-0.05, 0) is 33.6 Å². The van der Waals surface area contributed by atoms with E-state index in [1.54, 1.807) is 26.8 Å². The van der Waals surface area contributed by atoms with Crippen molar-refractivity contribution in [3.8, 4) is 6.07 Å². The van der Waals surface area contributed by atoms with E-state index >= 15 is 0 Å². The van der Waals surface area contributed by atoms with Crippen molar-refractivity contribution in [1.82, 2.24) is 15.3 Å². The molecule has 1 aliphatic carbocycles. The summed E-state index contributed by atoms with van der Waals surface area (Å²) in [6, 6.07) is -0.527. The maximum absolute atomic E-state index is 14.4. The molecule has 1 amide bonds. The lowest BCUT2D eigenvalue weighted by Gasteiger charge is -2.38. The first-order chi connectivity index (χ1) is 12.0. The van der Waals surface area contributed by atoms with Crippen LogP contribution in [0.2, 0.25) is 5.15 Å². The molecule has 10 heteroatoms. The third-order valence-corrected chi connectivity index (χ3v) is 4.02. The van der Waals surface area contributed by atoms with Gasteiger partial charge < -0.3 is 15.4 Å². The fourth-order valence-corrected chi connectivity index (χ4v) is 2.81. The van der Waals surface area contributed by atoms with Gasteiger partial charge >= 0.3 is 6.09 Å². The molecule has 1 heterocycles. The van der Waals surface area contributed by atoms with Crippen LogP contribution in [0.3, 0.4) is 0 Å². The number of carbonyl (C=O) groups is 1. The first-order valence-electron chi connectivity index (χ1n) is 8.08. The zero-order valence-electron chi connectivity index (χ0n) is 14.6. The van der Waals surface area contributed by atoms with Gasteiger partial charge in [0.25, 0.3) is 5.92 Å². The largest absolute Gasteiger partial charge is 0.444 e. The number of hydrogen-bond acceptors (Lipinski definition) is 6. The lowest BCUT2D eigenvalue weighted by molar-refractivity contribution is -0.0564. The zero-order valence-corrected chi connectivity index (χ0v) is 15.4. The fraction of sp³-hybridized carbons (Fsp3) is 0.625. The van der Waals surface area contributed by atoms with Gasteiger partial charge in [-0.15, -0.1) is 0 Å². The molecule has 1 aromatic heterocycles. The number of nitrogens with one attached hydrogen (secondary N) is 2. The van der Waals surface area contributed by atoms with E-state index in [1.165, 1.54) is 0 Å². The van der Waals surface area contributed by atoms with Crippen LogP contribution in [-0.4, -0.2) is 39.7 Å². The number of halogens is 3. The van der Waals surface area contributed by atoms with Crippen LogP contribution in [0.4, 0.5) is 19.5 Å². The summed E-state index contributed by atoms with van der Waals surface area (Å²) < 4.78 is 34.0. The molecule has 0 aromatic carbocycles. The third kappa shape index (κ3) is 5.14. The van der Waals surface area contributed by atoms with Gasteiger partial charge in [-0.1, -0.05) is 11.6 Å². The number of nitriles is 1. The second-order valence-electron chi connectivity index (χ2n) is 7.04. The lowest BCUT2D eigenvalue weighted by atomic mass is 9.87. The van der Waals surface area contributed by atoms with E-state index in [1.807, 2.05) is 0 Å². The molecule has 0 bridgehead atoms. The highest BCUT2D eigenvalue weighted by Crippen LogP contribution is 2.35. The van der Waals surface area contributed by atoms with Gasteiger partial charge in [-0.2, -0.15) is 10.2 Å². The van der Waals surface area contributed by atoms with Crippen LogP contribution < -0.4 is 10.6 Å². The molecule has 26 heavy (non-hydrogen) atoms. The van der Waals surface area contributed by atoms with Crippen LogP contribution in [0, 0.1) is 11.3 Å². The smallest absolute Gasteiger partial charge is 0.407 e. The zero-order chi connectivity index (χ0) is 19.5. The van der Waals surface area contributed by atoms with E-state index < -0.39 is 29.7 Å². The van der Waals surface area contributed by atoms with E-state index in [0.717, 1.165) is 6.20 Å². The predicted octanol–water partition coefficient (Wildman–Crippen LogP) is 3.49. The van der Waals surface area contributed by atoms with Gasteiger partial charge in [0, 0.05) is 6.42 Å². The highest BCUT2D eigenvalue weighted by Gasteiger charge is 2.48. The standard InChI is InChI=1S/C16H20ClF2N5O2/c1-15(2,3)26-14(25)22-10-5-4-6-16(18,19)11(10)23-13-21-8-9(7-20)12(17)24-13/h8,10-11H,4-6H2,1-3H3,(H,22,25)(H,21,23,24)/t10-,11-/m0/s1. The SMILES string of the molecule is CC(C)(C)OC(=O)N[C@H]1CCCC(F)(F)[C@H]1Nc1ncc(C#N)c(Cl)n1. The molecule has 1 aliphatic rings. The Balaban J connectivity index is 2.18. The molecule has 0 saturated heterocycles. The van der Waals surface area contributed by atoms with E-state index in [9.17, 15) is 13.6 Å². The molecule has 2 atom stereocenters. The molecule has 0 unspecified atom stereocenters. The topological polar surface area (TPSA) is 99.9 Å². The summed E-state index contributed by atoms with van der Waals surface area (Å²) in [5, 5.41) is 13.7. The van der Waals surface area contributed by atoms with Crippen molar-refractivity contribution in [2.75, 3.05) is 5.32 Å². The van der Waals surface area contributed by atoms with Crippen LogP contribution in [0.5, 0.6) is 0 Å². The van der Waals surface area contributed by atoms with Crippen molar-refractivity contribution in [2.45, 2.75) is 63.6 Å². The maximum atomic E-state index is 14.4. The van der Waals surface area contributed by atoms with Crippen LogP contribution in [0.25, 0.3) is 0 Å². The minimum absolute atomic E-state index is 0.0380. The summed E-state index contributed by atoms with van der Waals surface area (Å²) in [5.74, 6) is -3.24. The minimum atomic E-state index is -3.10. The van der Waals surface area contributed by atoms with E-state index in [-0.39, 0.29) is 29.5 Å². The quantitative estimate of drug-likeness (QED) is 0.770. The summed E-state index contributed by atoms with van der Waals surface area (Å²) in [6.07, 6.45) is 0.638. The third-order valence-electron chi connectivity index (χ3n) is 3.73. The number of alkyl carbamates (subject to hydrolysis) is 1. The van der Waals surface area contributed by atoms with Crippen LogP contribution >= 0.6 is 11.6 Å². The van der Waals surface area contributed by atoms with Crippen molar-refractivity contribution in [3.63, 3.8) is 0 Å². The Labute approximate surface area is 155 Å². The highest BCUT2D eigenvalue weighted by atomic mass is 35.5. The average molecular weight is 388 g/mol. The monoisotopic (exact) mass is 387 g/mol. The van der Waals surface area contributed by atoms with E-state index in [4.69, 9.17) is 21.6 Å². The Hall–Kier alpha value is -2.21. The molecule has 0 spiro atoms. The Morgan fingerprint density at radius 1 is 1.50 bits per heavy atom. The number of nitrogens with zero attached hydrogens (tertiary/aromatic N) is 3. The number of rotatable bonds is 3. The first kappa shape index (κ1) is 20.1. The number of alkyl halides is 2. The highest BCUT2D eigenvalue weighted by molar-refractivity contribution is 6.30. The number of anilines is 1. The van der Waals surface area contributed by atoms with Crippen molar-refractivity contribution in [1.29, 1.82) is 5.26 Å². The number of ether oxygens (including phenoxy) is 1. The van der Waals surface area contributed by atoms with Gasteiger partial charge in [-0.25, -0.2) is 18.6 Å². The Bertz CT molecular complexity index is 718. The number of amides is 1. The maximum Gasteiger partial charge on any atom is 0.407 e. The molecule has 2 rings (SSSR count). The second-order valence-corrected chi connectivity index (χ2v) is 7.40. The van der Waals surface area contributed by atoms with Crippen molar-refractivity contribution in [3.05, 3.63) is 16.9 Å². The molecular weight excluding hydrogens is 368 g/mol. The summed E-state index contributed by atoms with van der Waals surface area (Å²) in [5.41, 5.74) is -0.704. The van der Waals surface area contributed by atoms with Gasteiger partial charge in [-0.3, -0.25) is 0 Å². The first-order valence-corrected chi connectivity index (χ1v) is 8.46. The predicted molar refractivity (Wildman–Crippen MR) is 91.1 cm³/mol. The molecule has 1 fully saturated rings. The van der Waals surface area contributed by atoms with E-state index in [0.29, 0.717) is 6.42 Å². The van der Waals surface area contributed by atoms with Gasteiger partial charge in [0.05, 0.1) is 12.2 Å². The van der Waals surface area contributed by atoms with Gasteiger partial charge in [0.2, 0.25) is 5.95 Å². The molecule has 0 radical (unpaired) electrons. The molecule has 0 aliphatic heterocycles. The van der Waals surface area contributed by atoms with Gasteiger partial charge in [0.1, 0.15) is 23.3 Å². The van der Waals surface area contributed by atoms with Crippen molar-refractivity contribution in [2.24, 2.45) is 0 Å². The van der Waals surface area contributed by atoms with Gasteiger partial charge in [0.15, 0.2) is 5.15 Å². The summed E-state index contributed by atoms with van der Waals surface area (Å²) in [6.45, 7) is 5.05. The number of carbonyl (C=O) groups excluding carboxylic acids is 1. The molecule has 1 aromatic rings. The van der Waals surface area contributed by atoms with Crippen LogP contribution in [0.15, 0.2) is 6.20 Å². The molecule has 7 nitrogen and oxygen atoms in total. The average Bonchev–Trinajstić information content (AvgIpc) is 2.48. The molecule has 1 saturated carbocycles. The normalized spacial score (nSPS) is 22.2. The number of aromatic nitrogens is 2. The fourth-order valence-electron chi connectivity index (χ4n) is 2.64. The summed E-state index contributed by atoms with van der Waals surface area (Å²) >= 11 is 5.82. The van der Waals surface area contributed by atoms with Crippen molar-refractivity contribution >= 4 is 23.6 Å². The van der Waals surface area contributed by atoms with E-state index in [2.05, 4.69) is 20.6 Å². The van der Waals surface area contributed by atoms with Crippen LogP contribution in [-0.2, 0) is 4.74 Å². The summed E-state index contributed by atoms with van der Waals surface area (Å²) in [4.78, 5) is 19.6.